The summed E-state index contributed by atoms with van der Waals surface area (Å²) < 4.78 is 11.3. The smallest absolute Gasteiger partial charge is 0.287 e. The quantitative estimate of drug-likeness (QED) is 0.911. The number of nitrogens with one attached hydrogen (secondary N) is 1. The lowest BCUT2D eigenvalue weighted by atomic mass is 9.97. The van der Waals surface area contributed by atoms with E-state index in [2.05, 4.69) is 11.4 Å². The monoisotopic (exact) mass is 331 g/mol. The maximum Gasteiger partial charge on any atom is 0.287 e. The molecular formula is C18H21NO3S. The number of para-hydroxylation sites is 1. The fourth-order valence-electron chi connectivity index (χ4n) is 2.78. The van der Waals surface area contributed by atoms with E-state index in [1.807, 2.05) is 30.5 Å². The summed E-state index contributed by atoms with van der Waals surface area (Å²) in [5, 5.41) is 2.99. The highest BCUT2D eigenvalue weighted by molar-refractivity contribution is 7.97. The first-order chi connectivity index (χ1) is 11.3. The van der Waals surface area contributed by atoms with Gasteiger partial charge in [-0.25, -0.2) is 0 Å². The van der Waals surface area contributed by atoms with Gasteiger partial charge in [0.15, 0.2) is 5.76 Å². The number of furan rings is 1. The van der Waals surface area contributed by atoms with Crippen LogP contribution in [0.4, 0.5) is 0 Å². The molecule has 0 aliphatic carbocycles. The van der Waals surface area contributed by atoms with Gasteiger partial charge in [0.25, 0.3) is 5.91 Å². The third kappa shape index (κ3) is 4.10. The number of benzene rings is 1. The molecule has 1 aromatic carbocycles. The molecule has 0 bridgehead atoms. The number of carbonyl (C=O) groups excluding carboxylic acids is 1. The third-order valence-corrected chi connectivity index (χ3v) is 4.56. The molecule has 1 amide bonds. The fourth-order valence-corrected chi connectivity index (χ4v) is 3.22. The summed E-state index contributed by atoms with van der Waals surface area (Å²) in [7, 11) is 0. The van der Waals surface area contributed by atoms with Gasteiger partial charge in [-0.05, 0) is 48.8 Å². The third-order valence-electron chi connectivity index (χ3n) is 3.99. The fraction of sp³-hybridized carbons (Fsp3) is 0.389. The van der Waals surface area contributed by atoms with Gasteiger partial charge >= 0.3 is 0 Å². The molecule has 1 aliphatic rings. The van der Waals surface area contributed by atoms with Crippen molar-refractivity contribution in [2.75, 3.05) is 19.4 Å². The summed E-state index contributed by atoms with van der Waals surface area (Å²) in [5.41, 5.74) is 1.21. The second-order valence-electron chi connectivity index (χ2n) is 5.72. The van der Waals surface area contributed by atoms with Crippen molar-refractivity contribution in [2.24, 2.45) is 5.92 Å². The van der Waals surface area contributed by atoms with Gasteiger partial charge < -0.3 is 14.5 Å². The Bertz CT molecular complexity index is 668. The van der Waals surface area contributed by atoms with E-state index in [-0.39, 0.29) is 5.91 Å². The lowest BCUT2D eigenvalue weighted by Gasteiger charge is -2.14. The maximum atomic E-state index is 12.2. The zero-order valence-corrected chi connectivity index (χ0v) is 14.0. The summed E-state index contributed by atoms with van der Waals surface area (Å²) in [5.74, 6) is 3.20. The normalized spacial score (nSPS) is 17.0. The molecular weight excluding hydrogens is 310 g/mol. The molecule has 0 spiro atoms. The van der Waals surface area contributed by atoms with E-state index < -0.39 is 0 Å². The molecule has 1 atom stereocenters. The van der Waals surface area contributed by atoms with Gasteiger partial charge in [0, 0.05) is 6.54 Å². The average Bonchev–Trinajstić information content (AvgIpc) is 2.92. The molecule has 122 valence electrons. The Labute approximate surface area is 140 Å². The molecule has 5 heteroatoms. The van der Waals surface area contributed by atoms with Crippen LogP contribution in [0.1, 0.15) is 28.3 Å². The SMILES string of the molecule is CSCc1ccc(C(=O)NC[C@@H]2CCOc3ccccc3C2)o1. The highest BCUT2D eigenvalue weighted by atomic mass is 32.2. The van der Waals surface area contributed by atoms with Crippen LogP contribution in [-0.4, -0.2) is 25.3 Å². The van der Waals surface area contributed by atoms with Crippen LogP contribution < -0.4 is 10.1 Å². The van der Waals surface area contributed by atoms with Crippen LogP contribution in [0, 0.1) is 5.92 Å². The van der Waals surface area contributed by atoms with E-state index in [0.717, 1.165) is 30.1 Å². The van der Waals surface area contributed by atoms with Crippen molar-refractivity contribution < 1.29 is 13.9 Å². The first-order valence-corrected chi connectivity index (χ1v) is 9.22. The van der Waals surface area contributed by atoms with Crippen LogP contribution in [0.15, 0.2) is 40.8 Å². The van der Waals surface area contributed by atoms with E-state index in [9.17, 15) is 4.79 Å². The molecule has 2 aromatic rings. The molecule has 1 N–H and O–H groups in total. The minimum atomic E-state index is -0.143. The number of rotatable bonds is 5. The Morgan fingerprint density at radius 3 is 3.04 bits per heavy atom. The first-order valence-electron chi connectivity index (χ1n) is 7.83. The number of ether oxygens (including phenoxy) is 1. The van der Waals surface area contributed by atoms with E-state index in [1.165, 1.54) is 5.56 Å². The molecule has 23 heavy (non-hydrogen) atoms. The predicted molar refractivity (Wildman–Crippen MR) is 92.0 cm³/mol. The van der Waals surface area contributed by atoms with Gasteiger partial charge in [-0.15, -0.1) is 0 Å². The molecule has 1 aliphatic heterocycles. The van der Waals surface area contributed by atoms with Crippen LogP contribution in [0.3, 0.4) is 0 Å². The van der Waals surface area contributed by atoms with Crippen molar-refractivity contribution in [1.82, 2.24) is 5.32 Å². The highest BCUT2D eigenvalue weighted by Crippen LogP contribution is 2.26. The Hall–Kier alpha value is -1.88. The van der Waals surface area contributed by atoms with Crippen molar-refractivity contribution in [2.45, 2.75) is 18.6 Å². The van der Waals surface area contributed by atoms with Crippen LogP contribution in [-0.2, 0) is 12.2 Å². The van der Waals surface area contributed by atoms with Crippen molar-refractivity contribution >= 4 is 17.7 Å². The Kier molecular flexibility index (Phi) is 5.28. The highest BCUT2D eigenvalue weighted by Gasteiger charge is 2.19. The van der Waals surface area contributed by atoms with Gasteiger partial charge in [0.1, 0.15) is 11.5 Å². The van der Waals surface area contributed by atoms with Gasteiger partial charge in [-0.1, -0.05) is 18.2 Å². The van der Waals surface area contributed by atoms with E-state index in [0.29, 0.717) is 24.8 Å². The van der Waals surface area contributed by atoms with Crippen LogP contribution in [0.25, 0.3) is 0 Å². The molecule has 0 saturated heterocycles. The number of thioether (sulfide) groups is 1. The number of hydrogen-bond acceptors (Lipinski definition) is 4. The number of hydrogen-bond donors (Lipinski definition) is 1. The molecule has 0 unspecified atom stereocenters. The number of fused-ring (bicyclic) bond motifs is 1. The molecule has 0 radical (unpaired) electrons. The molecule has 4 nitrogen and oxygen atoms in total. The number of amides is 1. The Balaban J connectivity index is 1.56. The molecule has 1 aromatic heterocycles. The first kappa shape index (κ1) is 16.0. The van der Waals surface area contributed by atoms with Crippen LogP contribution in [0.5, 0.6) is 5.75 Å². The van der Waals surface area contributed by atoms with Crippen LogP contribution >= 0.6 is 11.8 Å². The van der Waals surface area contributed by atoms with Crippen molar-refractivity contribution in [3.05, 3.63) is 53.5 Å². The Morgan fingerprint density at radius 1 is 1.30 bits per heavy atom. The Morgan fingerprint density at radius 2 is 2.17 bits per heavy atom. The van der Waals surface area contributed by atoms with E-state index in [4.69, 9.17) is 9.15 Å². The van der Waals surface area contributed by atoms with Crippen molar-refractivity contribution in [3.63, 3.8) is 0 Å². The lowest BCUT2D eigenvalue weighted by Crippen LogP contribution is -2.30. The van der Waals surface area contributed by atoms with Crippen molar-refractivity contribution in [1.29, 1.82) is 0 Å². The van der Waals surface area contributed by atoms with Crippen LogP contribution in [0.2, 0.25) is 0 Å². The van der Waals surface area contributed by atoms with Gasteiger partial charge in [0.2, 0.25) is 0 Å². The minimum Gasteiger partial charge on any atom is -0.493 e. The number of carbonyl (C=O) groups is 1. The summed E-state index contributed by atoms with van der Waals surface area (Å²) in [6, 6.07) is 11.7. The summed E-state index contributed by atoms with van der Waals surface area (Å²) >= 11 is 1.67. The maximum absolute atomic E-state index is 12.2. The predicted octanol–water partition coefficient (Wildman–Crippen LogP) is 3.51. The zero-order chi connectivity index (χ0) is 16.1. The molecule has 0 saturated carbocycles. The van der Waals surface area contributed by atoms with Gasteiger partial charge in [0.05, 0.1) is 12.4 Å². The summed E-state index contributed by atoms with van der Waals surface area (Å²) in [4.78, 5) is 12.2. The van der Waals surface area contributed by atoms with E-state index in [1.54, 1.807) is 17.8 Å². The van der Waals surface area contributed by atoms with Gasteiger partial charge in [-0.2, -0.15) is 11.8 Å². The topological polar surface area (TPSA) is 51.5 Å². The average molecular weight is 331 g/mol. The summed E-state index contributed by atoms with van der Waals surface area (Å²) in [6.45, 7) is 1.32. The van der Waals surface area contributed by atoms with Gasteiger partial charge in [-0.3, -0.25) is 4.79 Å². The summed E-state index contributed by atoms with van der Waals surface area (Å²) in [6.07, 6.45) is 3.87. The van der Waals surface area contributed by atoms with E-state index >= 15 is 0 Å². The zero-order valence-electron chi connectivity index (χ0n) is 13.2. The second kappa shape index (κ2) is 7.59. The molecule has 2 heterocycles. The van der Waals surface area contributed by atoms with Crippen molar-refractivity contribution in [3.8, 4) is 5.75 Å². The largest absolute Gasteiger partial charge is 0.493 e. The lowest BCUT2D eigenvalue weighted by molar-refractivity contribution is 0.0916. The molecule has 3 rings (SSSR count). The second-order valence-corrected chi connectivity index (χ2v) is 6.59. The standard InChI is InChI=1S/C18H21NO3S/c1-23-12-15-6-7-17(22-15)18(20)19-11-13-8-9-21-16-5-3-2-4-14(16)10-13/h2-7,13H,8-12H2,1H3,(H,19,20)/t13-/m1/s1. The molecule has 0 fully saturated rings. The minimum absolute atomic E-state index is 0.143.